The number of aryl methyl sites for hydroxylation is 1. The van der Waals surface area contributed by atoms with Crippen LogP contribution in [-0.4, -0.2) is 4.98 Å². The fourth-order valence-electron chi connectivity index (χ4n) is 1.52. The zero-order valence-corrected chi connectivity index (χ0v) is 6.29. The van der Waals surface area contributed by atoms with Crippen LogP contribution in [0.4, 0.5) is 0 Å². The Morgan fingerprint density at radius 3 is 3.00 bits per heavy atom. The van der Waals surface area contributed by atoms with Crippen molar-refractivity contribution in [2.75, 3.05) is 0 Å². The van der Waals surface area contributed by atoms with Crippen LogP contribution in [0.3, 0.4) is 0 Å². The summed E-state index contributed by atoms with van der Waals surface area (Å²) in [6, 6.07) is 0. The first-order valence-corrected chi connectivity index (χ1v) is 3.94. The second kappa shape index (κ2) is 2.49. The summed E-state index contributed by atoms with van der Waals surface area (Å²) >= 11 is 0. The largest absolute Gasteiger partial charge is 0.618 e. The highest BCUT2D eigenvalue weighted by molar-refractivity contribution is 5.08. The van der Waals surface area contributed by atoms with Gasteiger partial charge in [0.25, 0.3) is 0 Å². The van der Waals surface area contributed by atoms with E-state index in [4.69, 9.17) is 0 Å². The molecule has 1 aromatic rings. The number of hydrogen-bond donors (Lipinski definition) is 0. The maximum absolute atomic E-state index is 11.1. The standard InChI is InChI=1S/C8H10N2O/c11-10-6-5-9-7-3-1-2-4-8(7)10/h5-6H,1-4H2. The summed E-state index contributed by atoms with van der Waals surface area (Å²) in [4.78, 5) is 4.16. The van der Waals surface area contributed by atoms with Gasteiger partial charge in [-0.1, -0.05) is 0 Å². The summed E-state index contributed by atoms with van der Waals surface area (Å²) in [5.41, 5.74) is 1.87. The third-order valence-corrected chi connectivity index (χ3v) is 2.11. The average molecular weight is 150 g/mol. The van der Waals surface area contributed by atoms with Crippen LogP contribution in [0.1, 0.15) is 24.2 Å². The minimum Gasteiger partial charge on any atom is -0.618 e. The Morgan fingerprint density at radius 1 is 1.36 bits per heavy atom. The van der Waals surface area contributed by atoms with Gasteiger partial charge < -0.3 is 5.21 Å². The first kappa shape index (κ1) is 6.58. The Hall–Kier alpha value is -1.12. The van der Waals surface area contributed by atoms with Gasteiger partial charge in [-0.15, -0.1) is 0 Å². The number of hydrogen-bond acceptors (Lipinski definition) is 2. The lowest BCUT2D eigenvalue weighted by Gasteiger charge is -2.12. The lowest BCUT2D eigenvalue weighted by Crippen LogP contribution is -2.34. The van der Waals surface area contributed by atoms with E-state index in [2.05, 4.69) is 4.98 Å². The van der Waals surface area contributed by atoms with Crippen LogP contribution < -0.4 is 4.73 Å². The van der Waals surface area contributed by atoms with Gasteiger partial charge in [-0.2, -0.15) is 4.73 Å². The fraction of sp³-hybridized carbons (Fsp3) is 0.500. The van der Waals surface area contributed by atoms with Crippen molar-refractivity contribution in [2.24, 2.45) is 0 Å². The van der Waals surface area contributed by atoms with Crippen LogP contribution >= 0.6 is 0 Å². The predicted molar refractivity (Wildman–Crippen MR) is 39.8 cm³/mol. The van der Waals surface area contributed by atoms with Crippen LogP contribution in [0.2, 0.25) is 0 Å². The molecule has 0 N–H and O–H groups in total. The van der Waals surface area contributed by atoms with E-state index in [1.807, 2.05) is 0 Å². The Morgan fingerprint density at radius 2 is 2.18 bits per heavy atom. The molecule has 0 unspecified atom stereocenters. The highest BCUT2D eigenvalue weighted by atomic mass is 16.5. The molecule has 0 radical (unpaired) electrons. The van der Waals surface area contributed by atoms with Crippen molar-refractivity contribution in [3.63, 3.8) is 0 Å². The molecule has 11 heavy (non-hydrogen) atoms. The van der Waals surface area contributed by atoms with Crippen LogP contribution in [0.5, 0.6) is 0 Å². The first-order chi connectivity index (χ1) is 5.38. The summed E-state index contributed by atoms with van der Waals surface area (Å²) in [7, 11) is 0. The molecule has 0 amide bonds. The molecule has 0 aliphatic heterocycles. The fourth-order valence-corrected chi connectivity index (χ4v) is 1.52. The lowest BCUT2D eigenvalue weighted by atomic mass is 10.0. The zero-order chi connectivity index (χ0) is 7.68. The molecule has 58 valence electrons. The topological polar surface area (TPSA) is 39.8 Å². The SMILES string of the molecule is [O-][n+]1ccnc2c1CCCC2. The molecule has 3 heteroatoms. The maximum Gasteiger partial charge on any atom is 0.214 e. The molecule has 0 saturated heterocycles. The molecule has 0 aromatic carbocycles. The Balaban J connectivity index is 2.49. The average Bonchev–Trinajstić information content (AvgIpc) is 2.06. The predicted octanol–water partition coefficient (Wildman–Crippen LogP) is 0.594. The Bertz CT molecular complexity index is 273. The first-order valence-electron chi connectivity index (χ1n) is 3.94. The van der Waals surface area contributed by atoms with E-state index in [-0.39, 0.29) is 0 Å². The summed E-state index contributed by atoms with van der Waals surface area (Å²) in [6.07, 6.45) is 7.22. The molecular weight excluding hydrogens is 140 g/mol. The van der Waals surface area contributed by atoms with E-state index in [1.54, 1.807) is 6.20 Å². The number of rotatable bonds is 0. The number of fused-ring (bicyclic) bond motifs is 1. The van der Waals surface area contributed by atoms with E-state index < -0.39 is 0 Å². The smallest absolute Gasteiger partial charge is 0.214 e. The van der Waals surface area contributed by atoms with Gasteiger partial charge in [0.15, 0.2) is 6.20 Å². The normalized spacial score (nSPS) is 16.0. The number of nitrogens with zero attached hydrogens (tertiary/aromatic N) is 2. The van der Waals surface area contributed by atoms with Crippen LogP contribution in [0.25, 0.3) is 0 Å². The third-order valence-electron chi connectivity index (χ3n) is 2.11. The number of aromatic nitrogens is 2. The van der Waals surface area contributed by atoms with Gasteiger partial charge in [-0.05, 0) is 19.3 Å². The summed E-state index contributed by atoms with van der Waals surface area (Å²) in [5, 5.41) is 11.1. The van der Waals surface area contributed by atoms with Crippen molar-refractivity contribution in [3.8, 4) is 0 Å². The van der Waals surface area contributed by atoms with Crippen molar-refractivity contribution in [1.82, 2.24) is 4.98 Å². The molecule has 2 rings (SSSR count). The van der Waals surface area contributed by atoms with Crippen molar-refractivity contribution in [2.45, 2.75) is 25.7 Å². The van der Waals surface area contributed by atoms with E-state index in [1.165, 1.54) is 12.6 Å². The van der Waals surface area contributed by atoms with E-state index in [0.29, 0.717) is 0 Å². The molecule has 0 bridgehead atoms. The van der Waals surface area contributed by atoms with Gasteiger partial charge in [-0.25, -0.2) is 4.98 Å². The monoisotopic (exact) mass is 150 g/mol. The van der Waals surface area contributed by atoms with Crippen molar-refractivity contribution < 1.29 is 4.73 Å². The maximum atomic E-state index is 11.1. The minimum absolute atomic E-state index is 0.874. The molecular formula is C8H10N2O. The second-order valence-corrected chi connectivity index (χ2v) is 2.85. The third kappa shape index (κ3) is 1.06. The van der Waals surface area contributed by atoms with E-state index >= 15 is 0 Å². The molecule has 1 aliphatic carbocycles. The van der Waals surface area contributed by atoms with Gasteiger partial charge in [0, 0.05) is 6.42 Å². The molecule has 1 aromatic heterocycles. The van der Waals surface area contributed by atoms with Crippen molar-refractivity contribution in [1.29, 1.82) is 0 Å². The molecule has 0 atom stereocenters. The van der Waals surface area contributed by atoms with Gasteiger partial charge in [0.05, 0.1) is 6.20 Å². The van der Waals surface area contributed by atoms with E-state index in [0.717, 1.165) is 35.4 Å². The van der Waals surface area contributed by atoms with Gasteiger partial charge in [-0.3, -0.25) is 0 Å². The van der Waals surface area contributed by atoms with E-state index in [9.17, 15) is 5.21 Å². The minimum atomic E-state index is 0.874. The molecule has 1 heterocycles. The van der Waals surface area contributed by atoms with Crippen molar-refractivity contribution >= 4 is 0 Å². The quantitative estimate of drug-likeness (QED) is 0.401. The highest BCUT2D eigenvalue weighted by Gasteiger charge is 2.17. The molecule has 3 nitrogen and oxygen atoms in total. The van der Waals surface area contributed by atoms with Gasteiger partial charge in [0.1, 0.15) is 5.69 Å². The highest BCUT2D eigenvalue weighted by Crippen LogP contribution is 2.14. The van der Waals surface area contributed by atoms with Gasteiger partial charge >= 0.3 is 0 Å². The molecule has 0 saturated carbocycles. The Labute approximate surface area is 65.3 Å². The molecule has 1 aliphatic rings. The summed E-state index contributed by atoms with van der Waals surface area (Å²) < 4.78 is 0.946. The van der Waals surface area contributed by atoms with Crippen LogP contribution in [-0.2, 0) is 12.8 Å². The van der Waals surface area contributed by atoms with Crippen molar-refractivity contribution in [3.05, 3.63) is 29.0 Å². The summed E-state index contributed by atoms with van der Waals surface area (Å²) in [6.45, 7) is 0. The summed E-state index contributed by atoms with van der Waals surface area (Å²) in [5.74, 6) is 0. The Kier molecular flexibility index (Phi) is 1.49. The molecule has 0 spiro atoms. The zero-order valence-electron chi connectivity index (χ0n) is 6.29. The second-order valence-electron chi connectivity index (χ2n) is 2.85. The van der Waals surface area contributed by atoms with Gasteiger partial charge in [0.2, 0.25) is 5.69 Å². The molecule has 0 fully saturated rings. The lowest BCUT2D eigenvalue weighted by molar-refractivity contribution is -0.615. The van der Waals surface area contributed by atoms with Crippen LogP contribution in [0, 0.1) is 5.21 Å². The van der Waals surface area contributed by atoms with Crippen LogP contribution in [0.15, 0.2) is 12.4 Å².